The number of nitrogens with zero attached hydrogens (tertiary/aromatic N) is 1. The molecule has 0 heterocycles. The Morgan fingerprint density at radius 3 is 2.64 bits per heavy atom. The van der Waals surface area contributed by atoms with E-state index in [1.54, 1.807) is 56.6 Å². The number of aryl methyl sites for hydroxylation is 1. The number of carbonyl (C=O) groups excluding carboxylic acids is 2. The highest BCUT2D eigenvalue weighted by atomic mass is 19.1. The summed E-state index contributed by atoms with van der Waals surface area (Å²) in [5.74, 6) is -0.222. The fourth-order valence-corrected chi connectivity index (χ4v) is 2.34. The van der Waals surface area contributed by atoms with E-state index in [-0.39, 0.29) is 30.6 Å². The van der Waals surface area contributed by atoms with Gasteiger partial charge in [-0.25, -0.2) is 4.39 Å². The van der Waals surface area contributed by atoms with Crippen molar-refractivity contribution in [3.63, 3.8) is 0 Å². The summed E-state index contributed by atoms with van der Waals surface area (Å²) in [5, 5.41) is 2.71. The maximum Gasteiger partial charge on any atom is 0.243 e. The molecule has 0 fully saturated rings. The highest BCUT2D eigenvalue weighted by Crippen LogP contribution is 2.16. The number of hydrogen-bond donors (Lipinski definition) is 1. The van der Waals surface area contributed by atoms with E-state index in [0.29, 0.717) is 23.4 Å². The van der Waals surface area contributed by atoms with Gasteiger partial charge in [-0.2, -0.15) is 0 Å². The van der Waals surface area contributed by atoms with Crippen LogP contribution in [0.1, 0.15) is 12.0 Å². The molecule has 0 radical (unpaired) electrons. The number of methoxy groups -OCH3 is 1. The largest absolute Gasteiger partial charge is 0.497 e. The van der Waals surface area contributed by atoms with Crippen LogP contribution in [0.15, 0.2) is 48.5 Å². The van der Waals surface area contributed by atoms with Gasteiger partial charge in [0.25, 0.3) is 0 Å². The summed E-state index contributed by atoms with van der Waals surface area (Å²) >= 11 is 0. The van der Waals surface area contributed by atoms with Crippen molar-refractivity contribution < 1.29 is 18.7 Å². The number of ether oxygens (including phenoxy) is 1. The molecule has 0 spiro atoms. The van der Waals surface area contributed by atoms with Gasteiger partial charge >= 0.3 is 0 Å². The zero-order chi connectivity index (χ0) is 18.2. The molecule has 0 aliphatic heterocycles. The van der Waals surface area contributed by atoms with Gasteiger partial charge in [-0.15, -0.1) is 0 Å². The molecular weight excluding hydrogens is 323 g/mol. The summed E-state index contributed by atoms with van der Waals surface area (Å²) < 4.78 is 18.6. The third-order valence-corrected chi connectivity index (χ3v) is 3.73. The molecule has 0 aromatic heterocycles. The normalized spacial score (nSPS) is 10.2. The monoisotopic (exact) mass is 344 g/mol. The molecule has 0 unspecified atom stereocenters. The zero-order valence-corrected chi connectivity index (χ0v) is 14.3. The molecule has 5 nitrogen and oxygen atoms in total. The van der Waals surface area contributed by atoms with Crippen LogP contribution in [-0.4, -0.2) is 37.4 Å². The predicted octanol–water partition coefficient (Wildman–Crippen LogP) is 2.86. The number of hydrogen-bond acceptors (Lipinski definition) is 3. The molecule has 6 heteroatoms. The van der Waals surface area contributed by atoms with E-state index >= 15 is 0 Å². The molecule has 2 rings (SSSR count). The third-order valence-electron chi connectivity index (χ3n) is 3.73. The summed E-state index contributed by atoms with van der Waals surface area (Å²) in [4.78, 5) is 25.5. The number of nitrogens with one attached hydrogen (secondary N) is 1. The molecule has 2 aromatic carbocycles. The summed E-state index contributed by atoms with van der Waals surface area (Å²) in [7, 11) is 3.10. The van der Waals surface area contributed by atoms with Crippen molar-refractivity contribution in [2.24, 2.45) is 0 Å². The topological polar surface area (TPSA) is 58.6 Å². The summed E-state index contributed by atoms with van der Waals surface area (Å²) in [6, 6.07) is 13.3. The smallest absolute Gasteiger partial charge is 0.243 e. The SMILES string of the molecule is COc1cccc(NC(=O)CN(C)C(=O)CCc2ccccc2F)c1. The third kappa shape index (κ3) is 5.60. The maximum atomic E-state index is 13.6. The molecule has 0 aliphatic carbocycles. The van der Waals surface area contributed by atoms with Crippen molar-refractivity contribution in [2.45, 2.75) is 12.8 Å². The standard InChI is InChI=1S/C19H21FN2O3/c1-22(19(24)11-10-14-6-3-4-9-17(14)20)13-18(23)21-15-7-5-8-16(12-15)25-2/h3-9,12H,10-11,13H2,1-2H3,(H,21,23). The highest BCUT2D eigenvalue weighted by molar-refractivity contribution is 5.94. The van der Waals surface area contributed by atoms with E-state index in [2.05, 4.69) is 5.32 Å². The van der Waals surface area contributed by atoms with E-state index < -0.39 is 0 Å². The molecule has 2 amide bonds. The van der Waals surface area contributed by atoms with Crippen LogP contribution in [0.4, 0.5) is 10.1 Å². The molecular formula is C19H21FN2O3. The molecule has 2 aromatic rings. The van der Waals surface area contributed by atoms with E-state index in [0.717, 1.165) is 0 Å². The summed E-state index contributed by atoms with van der Waals surface area (Å²) in [5.41, 5.74) is 1.08. The second-order valence-electron chi connectivity index (χ2n) is 5.62. The van der Waals surface area contributed by atoms with Crippen molar-refractivity contribution in [1.29, 1.82) is 0 Å². The lowest BCUT2D eigenvalue weighted by Crippen LogP contribution is -2.35. The van der Waals surface area contributed by atoms with Gasteiger partial charge in [-0.3, -0.25) is 9.59 Å². The van der Waals surface area contributed by atoms with E-state index in [1.807, 2.05) is 0 Å². The molecule has 0 saturated heterocycles. The number of likely N-dealkylation sites (N-methyl/N-ethyl adjacent to an activating group) is 1. The zero-order valence-electron chi connectivity index (χ0n) is 14.3. The van der Waals surface area contributed by atoms with E-state index in [1.165, 1.54) is 11.0 Å². The Hall–Kier alpha value is -2.89. The molecule has 25 heavy (non-hydrogen) atoms. The minimum Gasteiger partial charge on any atom is -0.497 e. The molecule has 0 saturated carbocycles. The van der Waals surface area contributed by atoms with Crippen LogP contribution in [0.5, 0.6) is 5.75 Å². The highest BCUT2D eigenvalue weighted by Gasteiger charge is 2.14. The number of carbonyl (C=O) groups is 2. The lowest BCUT2D eigenvalue weighted by Gasteiger charge is -2.17. The van der Waals surface area contributed by atoms with Crippen molar-refractivity contribution >= 4 is 17.5 Å². The van der Waals surface area contributed by atoms with Gasteiger partial charge in [-0.05, 0) is 30.2 Å². The average Bonchev–Trinajstić information content (AvgIpc) is 2.60. The van der Waals surface area contributed by atoms with Crippen molar-refractivity contribution in [3.05, 3.63) is 59.9 Å². The first-order chi connectivity index (χ1) is 12.0. The van der Waals surface area contributed by atoms with Gasteiger partial charge in [0, 0.05) is 25.2 Å². The van der Waals surface area contributed by atoms with Crippen molar-refractivity contribution in [3.8, 4) is 5.75 Å². The van der Waals surface area contributed by atoms with E-state index in [9.17, 15) is 14.0 Å². The number of benzene rings is 2. The van der Waals surface area contributed by atoms with Crippen LogP contribution in [0.25, 0.3) is 0 Å². The second kappa shape index (κ2) is 8.82. The number of amides is 2. The summed E-state index contributed by atoms with van der Waals surface area (Å²) in [6.45, 7) is -0.0761. The van der Waals surface area contributed by atoms with Gasteiger partial charge in [0.05, 0.1) is 13.7 Å². The van der Waals surface area contributed by atoms with Crippen LogP contribution in [0, 0.1) is 5.82 Å². The molecule has 0 bridgehead atoms. The number of rotatable bonds is 7. The van der Waals surface area contributed by atoms with Crippen LogP contribution in [0.3, 0.4) is 0 Å². The molecule has 0 aliphatic rings. The lowest BCUT2D eigenvalue weighted by atomic mass is 10.1. The minimum absolute atomic E-state index is 0.0761. The van der Waals surface area contributed by atoms with Gasteiger partial charge < -0.3 is 15.0 Å². The van der Waals surface area contributed by atoms with Crippen LogP contribution >= 0.6 is 0 Å². The van der Waals surface area contributed by atoms with Gasteiger partial charge in [-0.1, -0.05) is 24.3 Å². The minimum atomic E-state index is -0.325. The molecule has 0 atom stereocenters. The second-order valence-corrected chi connectivity index (χ2v) is 5.62. The van der Waals surface area contributed by atoms with Crippen LogP contribution in [-0.2, 0) is 16.0 Å². The fraction of sp³-hybridized carbons (Fsp3) is 0.263. The first kappa shape index (κ1) is 18.4. The van der Waals surface area contributed by atoms with E-state index in [4.69, 9.17) is 4.74 Å². The Morgan fingerprint density at radius 2 is 1.92 bits per heavy atom. The predicted molar refractivity (Wildman–Crippen MR) is 94.0 cm³/mol. The first-order valence-corrected chi connectivity index (χ1v) is 7.91. The molecule has 132 valence electrons. The number of halogens is 1. The van der Waals surface area contributed by atoms with Gasteiger partial charge in [0.1, 0.15) is 11.6 Å². The maximum absolute atomic E-state index is 13.6. The van der Waals surface area contributed by atoms with Crippen molar-refractivity contribution in [2.75, 3.05) is 26.0 Å². The Labute approximate surface area is 146 Å². The lowest BCUT2D eigenvalue weighted by molar-refractivity contribution is -0.133. The Morgan fingerprint density at radius 1 is 1.16 bits per heavy atom. The Balaban J connectivity index is 1.83. The van der Waals surface area contributed by atoms with Gasteiger partial charge in [0.15, 0.2) is 0 Å². The van der Waals surface area contributed by atoms with Crippen LogP contribution < -0.4 is 10.1 Å². The molecule has 1 N–H and O–H groups in total. The Kier molecular flexibility index (Phi) is 6.51. The summed E-state index contributed by atoms with van der Waals surface area (Å²) in [6.07, 6.45) is 0.442. The quantitative estimate of drug-likeness (QED) is 0.840. The van der Waals surface area contributed by atoms with Gasteiger partial charge in [0.2, 0.25) is 11.8 Å². The first-order valence-electron chi connectivity index (χ1n) is 7.91. The Bertz CT molecular complexity index is 749. The fourth-order valence-electron chi connectivity index (χ4n) is 2.34. The average molecular weight is 344 g/mol. The van der Waals surface area contributed by atoms with Crippen LogP contribution in [0.2, 0.25) is 0 Å². The van der Waals surface area contributed by atoms with Crippen molar-refractivity contribution in [1.82, 2.24) is 4.90 Å². The number of anilines is 1.